The number of ether oxygens (including phenoxy) is 1. The van der Waals surface area contributed by atoms with Gasteiger partial charge in [-0.3, -0.25) is 4.79 Å². The molecule has 35 heavy (non-hydrogen) atoms. The molecule has 0 aliphatic rings. The van der Waals surface area contributed by atoms with Crippen molar-refractivity contribution in [2.45, 2.75) is 6.54 Å². The highest BCUT2D eigenvalue weighted by atomic mass is 79.9. The number of amides is 1. The van der Waals surface area contributed by atoms with Crippen molar-refractivity contribution >= 4 is 49.6 Å². The molecule has 174 valence electrons. The number of carbonyl (C=O) groups is 2. The zero-order valence-corrected chi connectivity index (χ0v) is 20.2. The van der Waals surface area contributed by atoms with Crippen LogP contribution in [0.25, 0.3) is 32.9 Å². The third-order valence-electron chi connectivity index (χ3n) is 5.91. The predicted octanol–water partition coefficient (Wildman–Crippen LogP) is 5.83. The van der Waals surface area contributed by atoms with Crippen LogP contribution >= 0.6 is 15.9 Å². The molecule has 1 heterocycles. The summed E-state index contributed by atoms with van der Waals surface area (Å²) in [5, 5.41) is 10.6. The van der Waals surface area contributed by atoms with Crippen molar-refractivity contribution in [1.29, 1.82) is 0 Å². The molecule has 0 aliphatic carbocycles. The quantitative estimate of drug-likeness (QED) is 0.277. The Balaban J connectivity index is 1.87. The summed E-state index contributed by atoms with van der Waals surface area (Å²) >= 11 is 3.54. The molecule has 0 atom stereocenters. The van der Waals surface area contributed by atoms with Crippen LogP contribution in [0, 0.1) is 0 Å². The van der Waals surface area contributed by atoms with Gasteiger partial charge in [-0.15, -0.1) is 0 Å². The number of hydrogen-bond donors (Lipinski definition) is 2. The SMILES string of the molecule is NC(=O)c1cccc2c1c1c(OCC(=O)O)cc(-c3ccccc3)cc1n2Cc1cccc(Br)c1. The third-order valence-corrected chi connectivity index (χ3v) is 6.40. The average Bonchev–Trinajstić information content (AvgIpc) is 3.16. The van der Waals surface area contributed by atoms with Gasteiger partial charge in [0, 0.05) is 22.0 Å². The Bertz CT molecular complexity index is 1590. The van der Waals surface area contributed by atoms with E-state index in [9.17, 15) is 14.7 Å². The number of nitrogens with zero attached hydrogens (tertiary/aromatic N) is 1. The van der Waals surface area contributed by atoms with Gasteiger partial charge in [-0.25, -0.2) is 4.79 Å². The molecule has 0 spiro atoms. The molecule has 1 aromatic heterocycles. The molecule has 0 saturated carbocycles. The monoisotopic (exact) mass is 528 g/mol. The number of carbonyl (C=O) groups excluding carboxylic acids is 1. The maximum atomic E-state index is 12.4. The highest BCUT2D eigenvalue weighted by Gasteiger charge is 2.21. The molecular weight excluding hydrogens is 508 g/mol. The molecule has 3 N–H and O–H groups in total. The van der Waals surface area contributed by atoms with Crippen LogP contribution in [-0.4, -0.2) is 28.2 Å². The lowest BCUT2D eigenvalue weighted by Gasteiger charge is -2.12. The smallest absolute Gasteiger partial charge is 0.341 e. The Labute approximate surface area is 209 Å². The van der Waals surface area contributed by atoms with E-state index in [-0.39, 0.29) is 0 Å². The molecule has 0 bridgehead atoms. The zero-order chi connectivity index (χ0) is 24.5. The molecule has 4 aromatic carbocycles. The van der Waals surface area contributed by atoms with Crippen molar-refractivity contribution in [2.24, 2.45) is 5.73 Å². The second-order valence-corrected chi connectivity index (χ2v) is 9.11. The molecule has 0 aliphatic heterocycles. The number of benzene rings is 4. The van der Waals surface area contributed by atoms with Crippen LogP contribution in [-0.2, 0) is 11.3 Å². The number of nitrogens with two attached hydrogens (primary N) is 1. The summed E-state index contributed by atoms with van der Waals surface area (Å²) < 4.78 is 8.87. The summed E-state index contributed by atoms with van der Waals surface area (Å²) in [7, 11) is 0. The topological polar surface area (TPSA) is 94.6 Å². The second kappa shape index (κ2) is 9.27. The van der Waals surface area contributed by atoms with Crippen molar-refractivity contribution in [3.63, 3.8) is 0 Å². The van der Waals surface area contributed by atoms with Gasteiger partial charge in [-0.2, -0.15) is 0 Å². The van der Waals surface area contributed by atoms with Gasteiger partial charge in [0.1, 0.15) is 5.75 Å². The number of primary amides is 1. The van der Waals surface area contributed by atoms with Crippen LogP contribution in [0.4, 0.5) is 0 Å². The van der Waals surface area contributed by atoms with Crippen LogP contribution in [0.3, 0.4) is 0 Å². The molecule has 0 radical (unpaired) electrons. The molecule has 5 aromatic rings. The summed E-state index contributed by atoms with van der Waals surface area (Å²) in [5.41, 5.74) is 10.6. The highest BCUT2D eigenvalue weighted by Crippen LogP contribution is 2.41. The second-order valence-electron chi connectivity index (χ2n) is 8.20. The standard InChI is InChI=1S/C28H21BrN2O4/c29-20-9-4-6-17(12-20)15-31-22-11-5-10-21(28(30)34)26(22)27-23(31)13-19(18-7-2-1-3-8-18)14-24(27)35-16-25(32)33/h1-14H,15-16H2,(H2,30,34)(H,32,33). The number of aromatic nitrogens is 1. The summed E-state index contributed by atoms with van der Waals surface area (Å²) in [6.07, 6.45) is 0. The zero-order valence-electron chi connectivity index (χ0n) is 18.6. The molecule has 6 nitrogen and oxygen atoms in total. The predicted molar refractivity (Wildman–Crippen MR) is 140 cm³/mol. The summed E-state index contributed by atoms with van der Waals surface area (Å²) in [4.78, 5) is 23.8. The largest absolute Gasteiger partial charge is 0.481 e. The van der Waals surface area contributed by atoms with Gasteiger partial charge in [0.15, 0.2) is 6.61 Å². The van der Waals surface area contributed by atoms with E-state index >= 15 is 0 Å². The average molecular weight is 529 g/mol. The fourth-order valence-electron chi connectivity index (χ4n) is 4.47. The normalized spacial score (nSPS) is 11.1. The molecule has 7 heteroatoms. The molecule has 0 fully saturated rings. The number of carboxylic acids is 1. The van der Waals surface area contributed by atoms with Gasteiger partial charge in [0.25, 0.3) is 0 Å². The lowest BCUT2D eigenvalue weighted by molar-refractivity contribution is -0.139. The van der Waals surface area contributed by atoms with E-state index in [1.54, 1.807) is 12.1 Å². The number of carboxylic acid groups (broad SMARTS) is 1. The molecule has 0 saturated heterocycles. The van der Waals surface area contributed by atoms with Crippen LogP contribution < -0.4 is 10.5 Å². The van der Waals surface area contributed by atoms with Crippen LogP contribution in [0.15, 0.2) is 89.4 Å². The van der Waals surface area contributed by atoms with E-state index < -0.39 is 18.5 Å². The van der Waals surface area contributed by atoms with E-state index in [0.717, 1.165) is 32.2 Å². The van der Waals surface area contributed by atoms with Crippen molar-refractivity contribution in [1.82, 2.24) is 4.57 Å². The number of hydrogen-bond acceptors (Lipinski definition) is 3. The highest BCUT2D eigenvalue weighted by molar-refractivity contribution is 9.10. The Morgan fingerprint density at radius 1 is 0.857 bits per heavy atom. The fraction of sp³-hybridized carbons (Fsp3) is 0.0714. The van der Waals surface area contributed by atoms with Crippen molar-refractivity contribution < 1.29 is 19.4 Å². The lowest BCUT2D eigenvalue weighted by atomic mass is 10.0. The molecule has 5 rings (SSSR count). The first-order chi connectivity index (χ1) is 16.9. The Kier molecular flexibility index (Phi) is 6.01. The Morgan fingerprint density at radius 2 is 1.63 bits per heavy atom. The van der Waals surface area contributed by atoms with Crippen LogP contribution in [0.2, 0.25) is 0 Å². The maximum Gasteiger partial charge on any atom is 0.341 e. The maximum absolute atomic E-state index is 12.4. The molecule has 1 amide bonds. The van der Waals surface area contributed by atoms with Gasteiger partial charge < -0.3 is 20.1 Å². The van der Waals surface area contributed by atoms with E-state index in [4.69, 9.17) is 10.5 Å². The van der Waals surface area contributed by atoms with Gasteiger partial charge >= 0.3 is 5.97 Å². The number of aliphatic carboxylic acids is 1. The Hall–Kier alpha value is -4.10. The van der Waals surface area contributed by atoms with Crippen LogP contribution in [0.1, 0.15) is 15.9 Å². The van der Waals surface area contributed by atoms with Crippen LogP contribution in [0.5, 0.6) is 5.75 Å². The summed E-state index contributed by atoms with van der Waals surface area (Å²) in [6.45, 7) is 0.0165. The summed E-state index contributed by atoms with van der Waals surface area (Å²) in [6, 6.07) is 27.1. The van der Waals surface area contributed by atoms with E-state index in [1.165, 1.54) is 0 Å². The number of fused-ring (bicyclic) bond motifs is 3. The van der Waals surface area contributed by atoms with Crippen molar-refractivity contribution in [3.05, 3.63) is 101 Å². The fourth-order valence-corrected chi connectivity index (χ4v) is 4.91. The van der Waals surface area contributed by atoms with Gasteiger partial charge in [0.2, 0.25) is 5.91 Å². The summed E-state index contributed by atoms with van der Waals surface area (Å²) in [5.74, 6) is -1.26. The minimum atomic E-state index is -1.09. The Morgan fingerprint density at radius 3 is 2.34 bits per heavy atom. The molecular formula is C28H21BrN2O4. The first kappa shape index (κ1) is 22.7. The third kappa shape index (κ3) is 4.38. The first-order valence-corrected chi connectivity index (χ1v) is 11.7. The molecule has 0 unspecified atom stereocenters. The minimum absolute atomic E-state index is 0.355. The van der Waals surface area contributed by atoms with Gasteiger partial charge in [-0.05, 0) is 53.1 Å². The van der Waals surface area contributed by atoms with E-state index in [2.05, 4.69) is 20.5 Å². The number of rotatable bonds is 7. The van der Waals surface area contributed by atoms with E-state index in [1.807, 2.05) is 72.8 Å². The number of halogens is 1. The minimum Gasteiger partial charge on any atom is -0.481 e. The van der Waals surface area contributed by atoms with Gasteiger partial charge in [0.05, 0.1) is 16.4 Å². The van der Waals surface area contributed by atoms with Crippen molar-refractivity contribution in [2.75, 3.05) is 6.61 Å². The lowest BCUT2D eigenvalue weighted by Crippen LogP contribution is -2.11. The van der Waals surface area contributed by atoms with E-state index in [0.29, 0.717) is 28.6 Å². The van der Waals surface area contributed by atoms with Gasteiger partial charge in [-0.1, -0.05) is 64.5 Å². The first-order valence-electron chi connectivity index (χ1n) is 11.0. The van der Waals surface area contributed by atoms with Crippen molar-refractivity contribution in [3.8, 4) is 16.9 Å².